The standard InChI is InChI=1S/C22H26F2N8O2/c1-25-18(28-19-9-14(12-33)29-30-19)11-20(32-7-5-31(2)6-8-32)27-13-34-17-10-16(23)22-15(21(17)24)3-4-26-22/h3-4,9-11,26,33H,1,5-8,12-13H2,2H3,(H2,28,29,30)/b18-11+,27-20+. The number of aliphatic hydroxyl groups excluding tert-OH is 1. The summed E-state index contributed by atoms with van der Waals surface area (Å²) in [4.78, 5) is 15.4. The molecule has 0 unspecified atom stereocenters. The van der Waals surface area contributed by atoms with Gasteiger partial charge in [-0.25, -0.2) is 18.8 Å². The number of anilines is 1. The van der Waals surface area contributed by atoms with Crippen molar-refractivity contribution in [1.82, 2.24) is 25.0 Å². The lowest BCUT2D eigenvalue weighted by Gasteiger charge is -2.33. The number of hydrogen-bond donors (Lipinski definition) is 4. The quantitative estimate of drug-likeness (QED) is 0.295. The van der Waals surface area contributed by atoms with Gasteiger partial charge >= 0.3 is 0 Å². The third kappa shape index (κ3) is 5.24. The number of nitrogens with zero attached hydrogens (tertiary/aromatic N) is 5. The molecule has 0 aliphatic carbocycles. The second kappa shape index (κ2) is 10.4. The van der Waals surface area contributed by atoms with E-state index < -0.39 is 11.6 Å². The second-order valence-electron chi connectivity index (χ2n) is 7.77. The predicted octanol–water partition coefficient (Wildman–Crippen LogP) is 2.30. The van der Waals surface area contributed by atoms with E-state index in [1.165, 1.54) is 12.3 Å². The van der Waals surface area contributed by atoms with Gasteiger partial charge in [-0.2, -0.15) is 5.10 Å². The number of likely N-dealkylation sites (N-methyl/N-ethyl adjacent to an activating group) is 1. The van der Waals surface area contributed by atoms with Crippen molar-refractivity contribution in [2.75, 3.05) is 45.3 Å². The molecule has 1 aliphatic rings. The average molecular weight is 473 g/mol. The number of aromatic nitrogens is 3. The Hall–Kier alpha value is -3.77. The van der Waals surface area contributed by atoms with Crippen LogP contribution >= 0.6 is 0 Å². The van der Waals surface area contributed by atoms with Crippen LogP contribution < -0.4 is 10.1 Å². The molecule has 34 heavy (non-hydrogen) atoms. The van der Waals surface area contributed by atoms with Crippen LogP contribution in [0.5, 0.6) is 5.75 Å². The number of H-pyrrole nitrogens is 2. The molecular formula is C22H26F2N8O2. The summed E-state index contributed by atoms with van der Waals surface area (Å²) in [6, 6.07) is 4.10. The Morgan fingerprint density at radius 3 is 2.82 bits per heavy atom. The summed E-state index contributed by atoms with van der Waals surface area (Å²) >= 11 is 0. The lowest BCUT2D eigenvalue weighted by atomic mass is 10.2. The molecule has 1 fully saturated rings. The summed E-state index contributed by atoms with van der Waals surface area (Å²) in [6.07, 6.45) is 3.15. The highest BCUT2D eigenvalue weighted by Gasteiger charge is 2.18. The molecule has 0 saturated carbocycles. The highest BCUT2D eigenvalue weighted by atomic mass is 19.1. The van der Waals surface area contributed by atoms with E-state index in [1.807, 2.05) is 11.9 Å². The van der Waals surface area contributed by atoms with Gasteiger partial charge in [0.15, 0.2) is 29.9 Å². The fourth-order valence-corrected chi connectivity index (χ4v) is 3.56. The Bertz CT molecular complexity index is 1210. The molecule has 4 N–H and O–H groups in total. The number of hydrogen-bond acceptors (Lipinski definition) is 7. The minimum atomic E-state index is -0.655. The van der Waals surface area contributed by atoms with Crippen LogP contribution in [0.4, 0.5) is 14.6 Å². The van der Waals surface area contributed by atoms with Gasteiger partial charge in [0.05, 0.1) is 17.8 Å². The number of benzene rings is 1. The van der Waals surface area contributed by atoms with E-state index in [-0.39, 0.29) is 30.0 Å². The van der Waals surface area contributed by atoms with Crippen LogP contribution in [0.1, 0.15) is 5.69 Å². The number of aliphatic imine (C=N–C) groups is 2. The molecule has 0 radical (unpaired) electrons. The van der Waals surface area contributed by atoms with Crippen molar-refractivity contribution >= 4 is 29.3 Å². The molecule has 180 valence electrons. The third-order valence-electron chi connectivity index (χ3n) is 5.46. The molecule has 0 spiro atoms. The number of ether oxygens (including phenoxy) is 1. The topological polar surface area (TPSA) is 117 Å². The Kier molecular flexibility index (Phi) is 7.18. The minimum absolute atomic E-state index is 0.0879. The van der Waals surface area contributed by atoms with Gasteiger partial charge in [-0.05, 0) is 19.8 Å². The maximum absolute atomic E-state index is 14.7. The summed E-state index contributed by atoms with van der Waals surface area (Å²) in [6.45, 7) is 6.28. The van der Waals surface area contributed by atoms with Crippen molar-refractivity contribution in [2.24, 2.45) is 9.98 Å². The molecule has 0 bridgehead atoms. The first-order chi connectivity index (χ1) is 16.5. The summed E-state index contributed by atoms with van der Waals surface area (Å²) in [5, 5.41) is 19.1. The molecule has 1 saturated heterocycles. The van der Waals surface area contributed by atoms with Crippen molar-refractivity contribution in [2.45, 2.75) is 6.61 Å². The summed E-state index contributed by atoms with van der Waals surface area (Å²) < 4.78 is 34.4. The normalized spacial score (nSPS) is 15.7. The van der Waals surface area contributed by atoms with E-state index in [4.69, 9.17) is 4.74 Å². The van der Waals surface area contributed by atoms with Crippen LogP contribution in [0, 0.1) is 11.6 Å². The van der Waals surface area contributed by atoms with E-state index in [0.29, 0.717) is 36.3 Å². The molecule has 0 atom stereocenters. The molecule has 12 heteroatoms. The Morgan fingerprint density at radius 2 is 2.12 bits per heavy atom. The van der Waals surface area contributed by atoms with Gasteiger partial charge in [-0.15, -0.1) is 0 Å². The SMILES string of the molecule is C=N/C(=C\C(=N/COc1cc(F)c2[nH]ccc2c1F)N1CCN(C)CC1)Nc1cc(CO)[nH]n1. The lowest BCUT2D eigenvalue weighted by molar-refractivity contribution is 0.214. The summed E-state index contributed by atoms with van der Waals surface area (Å²) in [5.41, 5.74) is 0.630. The maximum atomic E-state index is 14.7. The van der Waals surface area contributed by atoms with Crippen LogP contribution in [0.15, 0.2) is 46.3 Å². The lowest BCUT2D eigenvalue weighted by Crippen LogP contribution is -2.47. The first kappa shape index (κ1) is 23.4. The molecule has 10 nitrogen and oxygen atoms in total. The largest absolute Gasteiger partial charge is 0.468 e. The number of rotatable bonds is 8. The number of aliphatic hydroxyl groups is 1. The number of halogens is 2. The molecule has 2 aromatic heterocycles. The van der Waals surface area contributed by atoms with E-state index >= 15 is 0 Å². The van der Waals surface area contributed by atoms with Crippen molar-refractivity contribution in [1.29, 1.82) is 0 Å². The zero-order chi connectivity index (χ0) is 24.1. The zero-order valence-electron chi connectivity index (χ0n) is 18.7. The molecular weight excluding hydrogens is 446 g/mol. The van der Waals surface area contributed by atoms with Crippen LogP contribution in [-0.2, 0) is 6.61 Å². The van der Waals surface area contributed by atoms with E-state index in [1.54, 1.807) is 12.1 Å². The number of fused-ring (bicyclic) bond motifs is 1. The number of aromatic amines is 2. The first-order valence-electron chi connectivity index (χ1n) is 10.6. The Balaban J connectivity index is 1.55. The minimum Gasteiger partial charge on any atom is -0.468 e. The van der Waals surface area contributed by atoms with Crippen LogP contribution in [-0.4, -0.2) is 82.6 Å². The Morgan fingerprint density at radius 1 is 1.32 bits per heavy atom. The van der Waals surface area contributed by atoms with Gasteiger partial charge in [0.1, 0.15) is 11.7 Å². The fourth-order valence-electron chi connectivity index (χ4n) is 3.56. The van der Waals surface area contributed by atoms with E-state index in [2.05, 4.69) is 42.1 Å². The van der Waals surface area contributed by atoms with Crippen molar-refractivity contribution in [3.8, 4) is 5.75 Å². The molecule has 3 aromatic rings. The first-order valence-corrected chi connectivity index (χ1v) is 10.6. The maximum Gasteiger partial charge on any atom is 0.181 e. The summed E-state index contributed by atoms with van der Waals surface area (Å²) in [5.74, 6) is -0.109. The van der Waals surface area contributed by atoms with Crippen molar-refractivity contribution in [3.05, 3.63) is 53.6 Å². The molecule has 1 aliphatic heterocycles. The van der Waals surface area contributed by atoms with Crippen LogP contribution in [0.2, 0.25) is 0 Å². The number of piperazine rings is 1. The second-order valence-corrected chi connectivity index (χ2v) is 7.77. The molecule has 4 rings (SSSR count). The molecule has 3 heterocycles. The van der Waals surface area contributed by atoms with Crippen molar-refractivity contribution in [3.63, 3.8) is 0 Å². The fraction of sp³-hybridized carbons (Fsp3) is 0.318. The highest BCUT2D eigenvalue weighted by molar-refractivity contribution is 5.94. The predicted molar refractivity (Wildman–Crippen MR) is 126 cm³/mol. The van der Waals surface area contributed by atoms with Crippen LogP contribution in [0.25, 0.3) is 10.9 Å². The van der Waals surface area contributed by atoms with Gasteiger partial charge in [0.25, 0.3) is 0 Å². The van der Waals surface area contributed by atoms with E-state index in [0.717, 1.165) is 19.2 Å². The monoisotopic (exact) mass is 472 g/mol. The van der Waals surface area contributed by atoms with Gasteiger partial charge in [0.2, 0.25) is 0 Å². The smallest absolute Gasteiger partial charge is 0.181 e. The van der Waals surface area contributed by atoms with Gasteiger partial charge in [-0.3, -0.25) is 5.10 Å². The third-order valence-corrected chi connectivity index (χ3v) is 5.46. The summed E-state index contributed by atoms with van der Waals surface area (Å²) in [7, 11) is 2.04. The number of amidine groups is 1. The van der Waals surface area contributed by atoms with Crippen molar-refractivity contribution < 1.29 is 18.6 Å². The zero-order valence-corrected chi connectivity index (χ0v) is 18.7. The average Bonchev–Trinajstić information content (AvgIpc) is 3.51. The molecule has 1 aromatic carbocycles. The highest BCUT2D eigenvalue weighted by Crippen LogP contribution is 2.28. The van der Waals surface area contributed by atoms with Crippen LogP contribution in [0.3, 0.4) is 0 Å². The van der Waals surface area contributed by atoms with Gasteiger partial charge in [-0.1, -0.05) is 0 Å². The molecule has 0 amide bonds. The van der Waals surface area contributed by atoms with Gasteiger partial charge in [0, 0.05) is 56.0 Å². The van der Waals surface area contributed by atoms with E-state index in [9.17, 15) is 13.9 Å². The van der Waals surface area contributed by atoms with Gasteiger partial charge < -0.3 is 29.9 Å². The Labute approximate surface area is 194 Å². The number of nitrogens with one attached hydrogen (secondary N) is 3.